The molecular formula is C26H23N6NaO9S. The third-order valence-electron chi connectivity index (χ3n) is 6.77. The Balaban J connectivity index is 0.00000423. The second-order valence-corrected chi connectivity index (χ2v) is 11.8. The molecule has 3 N–H and O–H groups in total. The van der Waals surface area contributed by atoms with Crippen LogP contribution in [0.5, 0.6) is 11.6 Å². The molecule has 15 nitrogen and oxygen atoms in total. The summed E-state index contributed by atoms with van der Waals surface area (Å²) in [5.74, 6) is -4.77. The molecule has 0 spiro atoms. The van der Waals surface area contributed by atoms with Gasteiger partial charge in [-0.15, -0.1) is 16.9 Å². The van der Waals surface area contributed by atoms with Crippen LogP contribution >= 0.6 is 11.8 Å². The van der Waals surface area contributed by atoms with E-state index in [-0.39, 0.29) is 46.5 Å². The van der Waals surface area contributed by atoms with Gasteiger partial charge in [-0.05, 0) is 37.6 Å². The number of carbonyl (C=O) groups is 5. The summed E-state index contributed by atoms with van der Waals surface area (Å²) in [6.07, 6.45) is 0.995. The van der Waals surface area contributed by atoms with E-state index >= 15 is 0 Å². The molecule has 2 aromatic heterocycles. The second kappa shape index (κ2) is 11.9. The van der Waals surface area contributed by atoms with Crippen LogP contribution < -0.4 is 55.6 Å². The Morgan fingerprint density at radius 3 is 2.42 bits per heavy atom. The topological polar surface area (TPSA) is 212 Å². The monoisotopic (exact) mass is 618 g/mol. The Morgan fingerprint density at radius 2 is 1.79 bits per heavy atom. The molecule has 4 atom stereocenters. The van der Waals surface area contributed by atoms with Crippen LogP contribution in [0.4, 0.5) is 0 Å². The van der Waals surface area contributed by atoms with Crippen molar-refractivity contribution in [3.05, 3.63) is 64.1 Å². The number of amides is 3. The number of carboxylic acid groups (broad SMARTS) is 1. The van der Waals surface area contributed by atoms with Gasteiger partial charge in [-0.3, -0.25) is 24.0 Å². The van der Waals surface area contributed by atoms with Crippen LogP contribution in [-0.4, -0.2) is 76.5 Å². The van der Waals surface area contributed by atoms with Gasteiger partial charge < -0.3 is 35.3 Å². The van der Waals surface area contributed by atoms with Crippen molar-refractivity contribution < 1.29 is 68.5 Å². The Morgan fingerprint density at radius 1 is 1.12 bits per heavy atom. The molecule has 2 saturated heterocycles. The number of aromatic nitrogens is 3. The van der Waals surface area contributed by atoms with E-state index in [0.29, 0.717) is 0 Å². The zero-order valence-electron chi connectivity index (χ0n) is 23.3. The standard InChI is InChI=1S/C26H24N6O9S.Na/c1-11(33)41-13-6-4-12(5-7-13)17(28-20(35)14-10-27-15-8-9-16(34)30-32(15)22(14)37)21(36)29-18-23(38)31-19(25(39)40)26(2,3)42-24(18)31;/h4-10,17-19,24H,1-3H3,(H,28,35)(H,29,36)(H,30,34)(H,39,40);/q;+1/p-1/t17?,18-,19+,24-;/m1./s1. The molecule has 2 fully saturated rings. The van der Waals surface area contributed by atoms with Crippen molar-refractivity contribution in [2.45, 2.75) is 49.0 Å². The number of hydrogen-bond donors (Lipinski definition) is 3. The summed E-state index contributed by atoms with van der Waals surface area (Å²) in [5.41, 5.74) is -1.14. The van der Waals surface area contributed by atoms with Crippen molar-refractivity contribution in [2.75, 3.05) is 0 Å². The minimum absolute atomic E-state index is 0. The summed E-state index contributed by atoms with van der Waals surface area (Å²) >= 11 is 1.19. The molecule has 218 valence electrons. The second-order valence-electron chi connectivity index (χ2n) is 10.1. The van der Waals surface area contributed by atoms with E-state index in [0.717, 1.165) is 15.6 Å². The molecule has 2 aliphatic rings. The Kier molecular flexibility index (Phi) is 8.87. The maximum Gasteiger partial charge on any atom is 1.00 e. The maximum atomic E-state index is 13.6. The van der Waals surface area contributed by atoms with Crippen LogP contribution in [0.3, 0.4) is 0 Å². The van der Waals surface area contributed by atoms with Gasteiger partial charge in [0.05, 0.1) is 12.0 Å². The van der Waals surface area contributed by atoms with Crippen LogP contribution in [0.25, 0.3) is 5.65 Å². The van der Waals surface area contributed by atoms with Gasteiger partial charge in [0.15, 0.2) is 5.65 Å². The first-order chi connectivity index (χ1) is 19.8. The summed E-state index contributed by atoms with van der Waals surface area (Å²) in [6, 6.07) is 4.37. The van der Waals surface area contributed by atoms with Gasteiger partial charge in [-0.1, -0.05) is 12.1 Å². The first-order valence-corrected chi connectivity index (χ1v) is 13.3. The van der Waals surface area contributed by atoms with E-state index in [1.54, 1.807) is 13.8 Å². The Labute approximate surface area is 269 Å². The number of β-lactam (4-membered cyclic amide) rings is 1. The van der Waals surface area contributed by atoms with Gasteiger partial charge in [-0.25, -0.2) is 4.98 Å². The molecule has 17 heteroatoms. The number of benzene rings is 1. The number of nitrogens with one attached hydrogen (secondary N) is 2. The molecule has 0 aliphatic carbocycles. The predicted molar refractivity (Wildman–Crippen MR) is 142 cm³/mol. The average molecular weight is 619 g/mol. The normalized spacial score (nSPS) is 20.7. The van der Waals surface area contributed by atoms with Gasteiger partial charge in [0.2, 0.25) is 17.7 Å². The van der Waals surface area contributed by atoms with Crippen LogP contribution in [0, 0.1) is 0 Å². The molecular weight excluding hydrogens is 595 g/mol. The molecule has 3 amide bonds. The molecule has 0 bridgehead atoms. The number of ether oxygens (including phenoxy) is 1. The fraction of sp³-hybridized carbons (Fsp3) is 0.308. The molecule has 5 rings (SSSR count). The third kappa shape index (κ3) is 5.95. The number of rotatable bonds is 7. The summed E-state index contributed by atoms with van der Waals surface area (Å²) in [5, 5.41) is 29.4. The van der Waals surface area contributed by atoms with Crippen molar-refractivity contribution in [1.82, 2.24) is 30.1 Å². The van der Waals surface area contributed by atoms with Gasteiger partial charge in [0, 0.05) is 23.9 Å². The first kappa shape index (κ1) is 31.9. The minimum atomic E-state index is -1.46. The van der Waals surface area contributed by atoms with E-state index in [4.69, 9.17) is 4.74 Å². The number of carbonyl (C=O) groups excluding carboxylic acids is 5. The molecule has 4 heterocycles. The molecule has 3 aromatic rings. The predicted octanol–water partition coefficient (Wildman–Crippen LogP) is -4.51. The summed E-state index contributed by atoms with van der Waals surface area (Å²) in [6.45, 7) is 4.52. The van der Waals surface area contributed by atoms with E-state index < -0.39 is 74.9 Å². The van der Waals surface area contributed by atoms with Crippen LogP contribution in [0.1, 0.15) is 42.7 Å². The van der Waals surface area contributed by atoms with Gasteiger partial charge in [0.1, 0.15) is 28.8 Å². The van der Waals surface area contributed by atoms with Crippen molar-refractivity contribution in [2.24, 2.45) is 0 Å². The fourth-order valence-corrected chi connectivity index (χ4v) is 6.50. The van der Waals surface area contributed by atoms with Crippen LogP contribution in [0.15, 0.2) is 47.4 Å². The number of fused-ring (bicyclic) bond motifs is 2. The summed E-state index contributed by atoms with van der Waals surface area (Å²) < 4.78 is 4.86. The van der Waals surface area contributed by atoms with E-state index in [1.165, 1.54) is 55.1 Å². The number of aromatic hydroxyl groups is 1. The summed E-state index contributed by atoms with van der Waals surface area (Å²) in [7, 11) is 0. The van der Waals surface area contributed by atoms with Crippen molar-refractivity contribution in [3.8, 4) is 11.6 Å². The van der Waals surface area contributed by atoms with Crippen LogP contribution in [-0.2, 0) is 19.2 Å². The van der Waals surface area contributed by atoms with E-state index in [1.807, 2.05) is 0 Å². The molecule has 43 heavy (non-hydrogen) atoms. The zero-order chi connectivity index (χ0) is 30.5. The van der Waals surface area contributed by atoms with Crippen LogP contribution in [0.2, 0.25) is 0 Å². The number of carboxylic acids is 1. The number of thioether (sulfide) groups is 1. The Hall–Kier alpha value is -3.99. The molecule has 2 aliphatic heterocycles. The number of hydrogen-bond acceptors (Lipinski definition) is 12. The van der Waals surface area contributed by atoms with Gasteiger partial charge in [-0.2, -0.15) is 4.52 Å². The average Bonchev–Trinajstić information content (AvgIpc) is 3.18. The first-order valence-electron chi connectivity index (χ1n) is 12.5. The van der Waals surface area contributed by atoms with E-state index in [9.17, 15) is 39.0 Å². The fourth-order valence-electron chi connectivity index (χ4n) is 4.88. The minimum Gasteiger partial charge on any atom is -0.548 e. The van der Waals surface area contributed by atoms with Crippen molar-refractivity contribution in [3.63, 3.8) is 0 Å². The Bertz CT molecular complexity index is 1710. The SMILES string of the molecule is CC(=O)Oc1ccc(C(NC(=O)c2cnc3ccc(O)nn3c2=O)C(=O)N[C@@H]2C(=O)N3[C@@H]2SC(C)(C)[C@@H]3C(=O)[O-])cc1.[Na+]. The quantitative estimate of drug-likeness (QED) is 0.0990. The molecule has 0 saturated carbocycles. The maximum absolute atomic E-state index is 13.6. The van der Waals surface area contributed by atoms with E-state index in [2.05, 4.69) is 20.7 Å². The zero-order valence-corrected chi connectivity index (χ0v) is 26.1. The molecule has 1 aromatic carbocycles. The largest absolute Gasteiger partial charge is 1.00 e. The van der Waals surface area contributed by atoms with Gasteiger partial charge in [0.25, 0.3) is 11.5 Å². The molecule has 0 radical (unpaired) electrons. The van der Waals surface area contributed by atoms with Crippen molar-refractivity contribution in [1.29, 1.82) is 0 Å². The smallest absolute Gasteiger partial charge is 0.548 e. The third-order valence-corrected chi connectivity index (χ3v) is 8.34. The van der Waals surface area contributed by atoms with Crippen molar-refractivity contribution >= 4 is 47.1 Å². The summed E-state index contributed by atoms with van der Waals surface area (Å²) in [4.78, 5) is 80.8. The molecule has 1 unspecified atom stereocenters. The number of esters is 1. The number of nitrogens with zero attached hydrogens (tertiary/aromatic N) is 4. The number of aliphatic carboxylic acids is 1. The van der Waals surface area contributed by atoms with Gasteiger partial charge >= 0.3 is 35.5 Å².